The first-order valence-electron chi connectivity index (χ1n) is 9.76. The fraction of sp³-hybridized carbons (Fsp3) is 0.750. The van der Waals surface area contributed by atoms with Gasteiger partial charge in [-0.25, -0.2) is 9.18 Å². The number of carbonyl (C=O) groups excluding carboxylic acids is 1. The molecular weight excluding hydrogens is 321 g/mol. The first kappa shape index (κ1) is 21.7. The number of esters is 1. The summed E-state index contributed by atoms with van der Waals surface area (Å²) in [6, 6.07) is 3.41. The van der Waals surface area contributed by atoms with Crippen molar-refractivity contribution in [2.75, 3.05) is 13.2 Å². The number of aromatic nitrogens is 1. The van der Waals surface area contributed by atoms with E-state index in [1.54, 1.807) is 22.9 Å². The molecule has 1 rings (SSSR count). The van der Waals surface area contributed by atoms with Gasteiger partial charge < -0.3 is 14.4 Å². The number of carbonyl (C=O) groups is 1. The second kappa shape index (κ2) is 13.9. The first-order chi connectivity index (χ1) is 12.2. The lowest BCUT2D eigenvalue weighted by atomic mass is 10.1. The van der Waals surface area contributed by atoms with Crippen molar-refractivity contribution in [2.24, 2.45) is 0 Å². The second-order valence-electron chi connectivity index (χ2n) is 6.60. The van der Waals surface area contributed by atoms with Gasteiger partial charge in [0, 0.05) is 12.7 Å². The maximum absolute atomic E-state index is 14.0. The minimum absolute atomic E-state index is 0.0196. The molecule has 0 spiro atoms. The van der Waals surface area contributed by atoms with Gasteiger partial charge >= 0.3 is 5.97 Å². The van der Waals surface area contributed by atoms with Crippen LogP contribution in [0, 0.1) is 0 Å². The van der Waals surface area contributed by atoms with Crippen molar-refractivity contribution in [3.05, 3.63) is 24.0 Å². The normalized spacial score (nSPS) is 12.3. The van der Waals surface area contributed by atoms with Gasteiger partial charge in [0.2, 0.25) is 0 Å². The average molecular weight is 355 g/mol. The second-order valence-corrected chi connectivity index (χ2v) is 6.60. The molecule has 1 aromatic heterocycles. The van der Waals surface area contributed by atoms with E-state index in [0.717, 1.165) is 12.8 Å². The number of nitrogens with zero attached hydrogens (tertiary/aromatic N) is 1. The molecule has 0 radical (unpaired) electrons. The third kappa shape index (κ3) is 9.63. The molecule has 0 aliphatic carbocycles. The largest absolute Gasteiger partial charge is 0.459 e. The first-order valence-corrected chi connectivity index (χ1v) is 9.76. The Bertz CT molecular complexity index is 462. The maximum atomic E-state index is 14.0. The summed E-state index contributed by atoms with van der Waals surface area (Å²) in [6.45, 7) is 2.47. The van der Waals surface area contributed by atoms with Gasteiger partial charge in [-0.3, -0.25) is 0 Å². The molecule has 0 saturated carbocycles. The summed E-state index contributed by atoms with van der Waals surface area (Å²) in [5.41, 5.74) is 0.410. The smallest absolute Gasteiger partial charge is 0.355 e. The van der Waals surface area contributed by atoms with E-state index >= 15 is 0 Å². The van der Waals surface area contributed by atoms with Crippen LogP contribution in [-0.2, 0) is 11.3 Å². The Hall–Kier alpha value is -1.36. The van der Waals surface area contributed by atoms with Crippen molar-refractivity contribution in [1.82, 2.24) is 4.57 Å². The van der Waals surface area contributed by atoms with Crippen LogP contribution in [-0.4, -0.2) is 35.0 Å². The molecule has 1 N–H and O–H groups in total. The molecule has 0 bridgehead atoms. The standard InChI is InChI=1S/C20H34FNO3/c1-2-3-4-5-6-7-8-9-11-18(21)13-15-22-14-10-12-19(22)20(24)25-17-16-23/h10,12,14,18,23H,2-9,11,13,15-17H2,1H3. The van der Waals surface area contributed by atoms with E-state index in [2.05, 4.69) is 6.92 Å². The number of rotatable bonds is 15. The molecule has 144 valence electrons. The van der Waals surface area contributed by atoms with Crippen LogP contribution in [0.2, 0.25) is 0 Å². The van der Waals surface area contributed by atoms with Crippen molar-refractivity contribution >= 4 is 5.97 Å². The molecule has 1 heterocycles. The summed E-state index contributed by atoms with van der Waals surface area (Å²) in [5.74, 6) is -0.475. The van der Waals surface area contributed by atoms with Gasteiger partial charge in [-0.1, -0.05) is 58.3 Å². The van der Waals surface area contributed by atoms with Gasteiger partial charge in [-0.15, -0.1) is 0 Å². The van der Waals surface area contributed by atoms with Gasteiger partial charge in [0.25, 0.3) is 0 Å². The molecule has 1 aromatic rings. The van der Waals surface area contributed by atoms with Crippen molar-refractivity contribution in [3.63, 3.8) is 0 Å². The molecule has 0 aliphatic rings. The zero-order valence-corrected chi connectivity index (χ0v) is 15.6. The minimum atomic E-state index is -0.830. The van der Waals surface area contributed by atoms with Crippen LogP contribution in [0.5, 0.6) is 0 Å². The number of ether oxygens (including phenoxy) is 1. The van der Waals surface area contributed by atoms with E-state index in [-0.39, 0.29) is 13.2 Å². The molecule has 0 saturated heterocycles. The summed E-state index contributed by atoms with van der Waals surface area (Å²) in [6.07, 6.45) is 11.7. The maximum Gasteiger partial charge on any atom is 0.355 e. The predicted molar refractivity (Wildman–Crippen MR) is 98.5 cm³/mol. The monoisotopic (exact) mass is 355 g/mol. The molecule has 0 amide bonds. The fourth-order valence-electron chi connectivity index (χ4n) is 2.93. The highest BCUT2D eigenvalue weighted by atomic mass is 19.1. The number of aryl methyl sites for hydroxylation is 1. The van der Waals surface area contributed by atoms with Crippen molar-refractivity contribution < 1.29 is 19.0 Å². The third-order valence-electron chi connectivity index (χ3n) is 4.42. The molecule has 1 atom stereocenters. The summed E-state index contributed by atoms with van der Waals surface area (Å²) in [5, 5.41) is 8.70. The van der Waals surface area contributed by atoms with Crippen LogP contribution < -0.4 is 0 Å². The highest BCUT2D eigenvalue weighted by Gasteiger charge is 2.13. The Morgan fingerprint density at radius 1 is 1.16 bits per heavy atom. The average Bonchev–Trinajstić information content (AvgIpc) is 3.08. The Balaban J connectivity index is 2.15. The zero-order valence-electron chi connectivity index (χ0n) is 15.6. The van der Waals surface area contributed by atoms with E-state index in [9.17, 15) is 9.18 Å². The predicted octanol–water partition coefficient (Wildman–Crippen LogP) is 4.90. The van der Waals surface area contributed by atoms with E-state index in [4.69, 9.17) is 9.84 Å². The van der Waals surface area contributed by atoms with Gasteiger partial charge in [0.15, 0.2) is 0 Å². The number of hydrogen-bond acceptors (Lipinski definition) is 3. The van der Waals surface area contributed by atoms with Crippen LogP contribution in [0.3, 0.4) is 0 Å². The molecule has 5 heteroatoms. The van der Waals surface area contributed by atoms with E-state index in [0.29, 0.717) is 25.1 Å². The van der Waals surface area contributed by atoms with Crippen LogP contribution >= 0.6 is 0 Å². The Morgan fingerprint density at radius 3 is 2.52 bits per heavy atom. The quantitative estimate of drug-likeness (QED) is 0.360. The number of alkyl halides is 1. The number of aliphatic hydroxyl groups is 1. The Kier molecular flexibility index (Phi) is 12.0. The lowest BCUT2D eigenvalue weighted by Gasteiger charge is -2.11. The van der Waals surface area contributed by atoms with Crippen LogP contribution in [0.4, 0.5) is 4.39 Å². The van der Waals surface area contributed by atoms with Gasteiger partial charge in [0.1, 0.15) is 18.5 Å². The number of aliphatic hydroxyl groups excluding tert-OH is 1. The minimum Gasteiger partial charge on any atom is -0.459 e. The highest BCUT2D eigenvalue weighted by molar-refractivity contribution is 5.87. The third-order valence-corrected chi connectivity index (χ3v) is 4.42. The van der Waals surface area contributed by atoms with Gasteiger partial charge in [-0.05, 0) is 25.0 Å². The van der Waals surface area contributed by atoms with Gasteiger partial charge in [-0.2, -0.15) is 0 Å². The summed E-state index contributed by atoms with van der Waals surface area (Å²) in [4.78, 5) is 11.8. The highest BCUT2D eigenvalue weighted by Crippen LogP contribution is 2.15. The SMILES string of the molecule is CCCCCCCCCCC(F)CCn1cccc1C(=O)OCCO. The lowest BCUT2D eigenvalue weighted by molar-refractivity contribution is 0.0420. The lowest BCUT2D eigenvalue weighted by Crippen LogP contribution is -2.15. The van der Waals surface area contributed by atoms with E-state index in [1.807, 2.05) is 0 Å². The zero-order chi connectivity index (χ0) is 18.3. The number of hydrogen-bond donors (Lipinski definition) is 1. The van der Waals surface area contributed by atoms with Crippen LogP contribution in [0.15, 0.2) is 18.3 Å². The van der Waals surface area contributed by atoms with Crippen molar-refractivity contribution in [2.45, 2.75) is 83.8 Å². The molecule has 0 aromatic carbocycles. The summed E-state index contributed by atoms with van der Waals surface area (Å²) < 4.78 is 20.7. The van der Waals surface area contributed by atoms with Crippen LogP contribution in [0.1, 0.15) is 81.6 Å². The summed E-state index contributed by atoms with van der Waals surface area (Å²) in [7, 11) is 0. The Morgan fingerprint density at radius 2 is 1.84 bits per heavy atom. The van der Waals surface area contributed by atoms with Crippen molar-refractivity contribution in [1.29, 1.82) is 0 Å². The molecule has 4 nitrogen and oxygen atoms in total. The summed E-state index contributed by atoms with van der Waals surface area (Å²) >= 11 is 0. The molecular formula is C20H34FNO3. The topological polar surface area (TPSA) is 51.5 Å². The molecule has 0 fully saturated rings. The van der Waals surface area contributed by atoms with Gasteiger partial charge in [0.05, 0.1) is 6.61 Å². The molecule has 0 aliphatic heterocycles. The fourth-order valence-corrected chi connectivity index (χ4v) is 2.93. The number of halogens is 1. The molecule has 25 heavy (non-hydrogen) atoms. The van der Waals surface area contributed by atoms with Crippen molar-refractivity contribution in [3.8, 4) is 0 Å². The molecule has 1 unspecified atom stereocenters. The van der Waals surface area contributed by atoms with E-state index in [1.165, 1.54) is 38.5 Å². The Labute approximate surface area is 151 Å². The van der Waals surface area contributed by atoms with Crippen LogP contribution in [0.25, 0.3) is 0 Å². The number of unbranched alkanes of at least 4 members (excludes halogenated alkanes) is 7. The van der Waals surface area contributed by atoms with E-state index < -0.39 is 12.1 Å².